The highest BCUT2D eigenvalue weighted by atomic mass is 28.4. The summed E-state index contributed by atoms with van der Waals surface area (Å²) in [5, 5.41) is 0.253. The molecule has 0 spiro atoms. The molecular weight excluding hydrogens is 552 g/mol. The lowest BCUT2D eigenvalue weighted by atomic mass is 9.89. The van der Waals surface area contributed by atoms with E-state index in [1.54, 1.807) is 0 Å². The van der Waals surface area contributed by atoms with E-state index in [0.29, 0.717) is 24.5 Å². The summed E-state index contributed by atoms with van der Waals surface area (Å²) in [5.74, 6) is 0.831. The summed E-state index contributed by atoms with van der Waals surface area (Å²) in [6.45, 7) is 23.1. The second-order valence-electron chi connectivity index (χ2n) is 15.8. The number of methoxy groups -OCH3 is 1. The standard InChI is InChI=1S/C33H59FO5Si2/c1-32(2,3)40(8,9)38-27(23-15-12-13-16-23)20-19-24-25-21-30(26(34)17-14-18-31(35)36-7)37-28(25)22-29(24)39-41(10,11)33(4,5)6/h19-20,23-25,27-29H,12-18,21-22H2,1-11H3/b20-19+,30-26+/t24-,25-,27+,28+,29-/m1/s1. The van der Waals surface area contributed by atoms with Crippen LogP contribution in [0.3, 0.4) is 0 Å². The summed E-state index contributed by atoms with van der Waals surface area (Å²) >= 11 is 0. The highest BCUT2D eigenvalue weighted by Gasteiger charge is 2.52. The first-order valence-corrected chi connectivity index (χ1v) is 21.8. The van der Waals surface area contributed by atoms with Crippen LogP contribution in [-0.4, -0.2) is 48.0 Å². The third-order valence-electron chi connectivity index (χ3n) is 10.8. The minimum Gasteiger partial charge on any atom is -0.492 e. The van der Waals surface area contributed by atoms with Gasteiger partial charge in [0.2, 0.25) is 0 Å². The van der Waals surface area contributed by atoms with Crippen molar-refractivity contribution in [1.29, 1.82) is 0 Å². The summed E-state index contributed by atoms with van der Waals surface area (Å²) in [7, 11) is -2.61. The van der Waals surface area contributed by atoms with Gasteiger partial charge in [-0.05, 0) is 61.4 Å². The van der Waals surface area contributed by atoms with E-state index in [4.69, 9.17) is 18.3 Å². The molecule has 1 heterocycles. The maximum Gasteiger partial charge on any atom is 0.305 e. The van der Waals surface area contributed by atoms with Gasteiger partial charge in [-0.2, -0.15) is 0 Å². The van der Waals surface area contributed by atoms with Crippen molar-refractivity contribution in [2.24, 2.45) is 17.8 Å². The van der Waals surface area contributed by atoms with Crippen LogP contribution in [0.15, 0.2) is 23.7 Å². The second kappa shape index (κ2) is 13.4. The van der Waals surface area contributed by atoms with Crippen LogP contribution < -0.4 is 0 Å². The number of halogens is 1. The highest BCUT2D eigenvalue weighted by molar-refractivity contribution is 6.74. The van der Waals surface area contributed by atoms with Crippen molar-refractivity contribution in [1.82, 2.24) is 0 Å². The van der Waals surface area contributed by atoms with E-state index in [-0.39, 0.29) is 64.9 Å². The normalized spacial score (nSPS) is 28.2. The van der Waals surface area contributed by atoms with Crippen molar-refractivity contribution in [2.75, 3.05) is 7.11 Å². The monoisotopic (exact) mass is 610 g/mol. The van der Waals surface area contributed by atoms with E-state index in [9.17, 15) is 4.79 Å². The fourth-order valence-corrected chi connectivity index (χ4v) is 8.69. The van der Waals surface area contributed by atoms with Crippen molar-refractivity contribution in [2.45, 2.75) is 154 Å². The van der Waals surface area contributed by atoms with Gasteiger partial charge in [-0.15, -0.1) is 0 Å². The van der Waals surface area contributed by atoms with Crippen LogP contribution >= 0.6 is 0 Å². The van der Waals surface area contributed by atoms with Crippen LogP contribution in [0.4, 0.5) is 4.39 Å². The smallest absolute Gasteiger partial charge is 0.305 e. The molecule has 41 heavy (non-hydrogen) atoms. The molecule has 236 valence electrons. The number of fused-ring (bicyclic) bond motifs is 1. The molecule has 0 aromatic heterocycles. The summed E-state index contributed by atoms with van der Waals surface area (Å²) in [5.41, 5.74) is 0. The number of carbonyl (C=O) groups is 1. The Balaban J connectivity index is 1.86. The minimum absolute atomic E-state index is 0.0491. The Hall–Kier alpha value is -0.966. The Morgan fingerprint density at radius 2 is 1.63 bits per heavy atom. The first kappa shape index (κ1) is 34.5. The summed E-state index contributed by atoms with van der Waals surface area (Å²) in [4.78, 5) is 11.5. The predicted octanol–water partition coefficient (Wildman–Crippen LogP) is 9.46. The largest absolute Gasteiger partial charge is 0.492 e. The molecule has 0 N–H and O–H groups in total. The number of carbonyl (C=O) groups excluding carboxylic acids is 1. The SMILES string of the molecule is COC(=O)CCC/C(F)=C1/C[C@@H]2[C@@H](/C=C/[C@H](O[Si](C)(C)C(C)(C)C)C3CCCC3)[C@H](O[Si](C)(C)C(C)(C)C)C[C@@H]2O1. The Kier molecular flexibility index (Phi) is 11.2. The molecule has 0 unspecified atom stereocenters. The molecule has 3 rings (SSSR count). The molecular formula is C33H59FO5Si2. The van der Waals surface area contributed by atoms with Gasteiger partial charge in [0.05, 0.1) is 19.3 Å². The average Bonchev–Trinajstić information content (AvgIpc) is 3.57. The molecule has 3 aliphatic rings. The van der Waals surface area contributed by atoms with Gasteiger partial charge in [0, 0.05) is 37.5 Å². The third-order valence-corrected chi connectivity index (χ3v) is 19.7. The molecule has 1 aliphatic heterocycles. The van der Waals surface area contributed by atoms with Gasteiger partial charge in [0.1, 0.15) is 17.7 Å². The molecule has 3 fully saturated rings. The Bertz CT molecular complexity index is 956. The number of allylic oxidation sites excluding steroid dienone is 2. The van der Waals surface area contributed by atoms with Gasteiger partial charge < -0.3 is 18.3 Å². The zero-order chi connectivity index (χ0) is 30.8. The van der Waals surface area contributed by atoms with Crippen LogP contribution in [0.5, 0.6) is 0 Å². The van der Waals surface area contributed by atoms with E-state index in [2.05, 4.69) is 79.9 Å². The van der Waals surface area contributed by atoms with E-state index in [1.165, 1.54) is 32.8 Å². The first-order valence-electron chi connectivity index (χ1n) is 16.0. The van der Waals surface area contributed by atoms with Crippen LogP contribution in [0, 0.1) is 17.8 Å². The van der Waals surface area contributed by atoms with Crippen molar-refractivity contribution in [3.8, 4) is 0 Å². The van der Waals surface area contributed by atoms with Crippen molar-refractivity contribution in [3.05, 3.63) is 23.7 Å². The lowest BCUT2D eigenvalue weighted by molar-refractivity contribution is -0.140. The summed E-state index contributed by atoms with van der Waals surface area (Å²) < 4.78 is 40.3. The molecule has 0 radical (unpaired) electrons. The molecule has 0 aromatic carbocycles. The minimum atomic E-state index is -2.02. The molecule has 0 amide bonds. The maximum absolute atomic E-state index is 15.2. The molecule has 0 aromatic rings. The average molecular weight is 611 g/mol. The van der Waals surface area contributed by atoms with Crippen LogP contribution in [0.2, 0.25) is 36.3 Å². The number of ether oxygens (including phenoxy) is 2. The molecule has 2 saturated carbocycles. The van der Waals surface area contributed by atoms with Crippen molar-refractivity contribution < 1.29 is 27.5 Å². The number of rotatable bonds is 11. The predicted molar refractivity (Wildman–Crippen MR) is 170 cm³/mol. The number of esters is 1. The molecule has 5 nitrogen and oxygen atoms in total. The topological polar surface area (TPSA) is 54.0 Å². The van der Waals surface area contributed by atoms with Crippen LogP contribution in [-0.2, 0) is 23.1 Å². The highest BCUT2D eigenvalue weighted by Crippen LogP contribution is 2.50. The fraction of sp³-hybridized carbons (Fsp3) is 0.848. The van der Waals surface area contributed by atoms with Crippen LogP contribution in [0.1, 0.15) is 99.3 Å². The quantitative estimate of drug-likeness (QED) is 0.132. The maximum atomic E-state index is 15.2. The Morgan fingerprint density at radius 1 is 1.02 bits per heavy atom. The second-order valence-corrected chi connectivity index (χ2v) is 25.3. The van der Waals surface area contributed by atoms with Gasteiger partial charge in [-0.25, -0.2) is 4.39 Å². The van der Waals surface area contributed by atoms with E-state index in [1.807, 2.05) is 0 Å². The lowest BCUT2D eigenvalue weighted by Gasteiger charge is -2.41. The molecule has 8 heteroatoms. The molecule has 1 saturated heterocycles. The van der Waals surface area contributed by atoms with E-state index >= 15 is 4.39 Å². The number of hydrogen-bond acceptors (Lipinski definition) is 5. The lowest BCUT2D eigenvalue weighted by Crippen LogP contribution is -2.45. The Labute approximate surface area is 252 Å². The van der Waals surface area contributed by atoms with Gasteiger partial charge in [-0.1, -0.05) is 66.5 Å². The van der Waals surface area contributed by atoms with Crippen LogP contribution in [0.25, 0.3) is 0 Å². The van der Waals surface area contributed by atoms with Crippen molar-refractivity contribution in [3.63, 3.8) is 0 Å². The molecule has 0 bridgehead atoms. The molecule has 2 aliphatic carbocycles. The first-order chi connectivity index (χ1) is 18.9. The van der Waals surface area contributed by atoms with Gasteiger partial charge in [-0.3, -0.25) is 4.79 Å². The summed E-state index contributed by atoms with van der Waals surface area (Å²) in [6.07, 6.45) is 12.1. The fourth-order valence-electron chi connectivity index (χ4n) is 6.02. The van der Waals surface area contributed by atoms with E-state index in [0.717, 1.165) is 6.42 Å². The molecule has 5 atom stereocenters. The number of hydrogen-bond donors (Lipinski definition) is 0. The zero-order valence-corrected chi connectivity index (χ0v) is 29.9. The zero-order valence-electron chi connectivity index (χ0n) is 27.9. The third kappa shape index (κ3) is 8.57. The summed E-state index contributed by atoms with van der Waals surface area (Å²) in [6, 6.07) is 0. The Morgan fingerprint density at radius 3 is 2.20 bits per heavy atom. The van der Waals surface area contributed by atoms with Crippen molar-refractivity contribution >= 4 is 22.6 Å². The van der Waals surface area contributed by atoms with Gasteiger partial charge >= 0.3 is 5.97 Å². The van der Waals surface area contributed by atoms with E-state index < -0.39 is 16.6 Å². The van der Waals surface area contributed by atoms with Gasteiger partial charge in [0.25, 0.3) is 0 Å². The van der Waals surface area contributed by atoms with Gasteiger partial charge in [0.15, 0.2) is 16.6 Å².